The van der Waals surface area contributed by atoms with E-state index in [-0.39, 0.29) is 17.8 Å². The minimum Gasteiger partial charge on any atom is -0.463 e. The molecular weight excluding hydrogens is 404 g/mol. The van der Waals surface area contributed by atoms with Crippen LogP contribution in [0.5, 0.6) is 0 Å². The highest BCUT2D eigenvalue weighted by atomic mass is 16.5. The molecule has 4 atom stereocenters. The molecule has 174 valence electrons. The molecule has 32 heavy (non-hydrogen) atoms. The lowest BCUT2D eigenvalue weighted by Gasteiger charge is -2.16. The number of hydrogen-bond acceptors (Lipinski definition) is 7. The summed E-state index contributed by atoms with van der Waals surface area (Å²) in [5.41, 5.74) is 1.27. The van der Waals surface area contributed by atoms with Gasteiger partial charge in [-0.05, 0) is 31.1 Å². The van der Waals surface area contributed by atoms with Crippen LogP contribution in [0, 0.1) is 23.2 Å². The van der Waals surface area contributed by atoms with Gasteiger partial charge in [0.2, 0.25) is 0 Å². The summed E-state index contributed by atoms with van der Waals surface area (Å²) in [6, 6.07) is 3.84. The van der Waals surface area contributed by atoms with Crippen molar-refractivity contribution in [2.45, 2.75) is 85.2 Å². The minimum atomic E-state index is -0.234. The summed E-state index contributed by atoms with van der Waals surface area (Å²) in [5.74, 6) is 3.07. The molecule has 1 aliphatic rings. The average molecular weight is 441 g/mol. The second-order valence-corrected chi connectivity index (χ2v) is 8.63. The van der Waals surface area contributed by atoms with Gasteiger partial charge in [-0.1, -0.05) is 47.0 Å². The topological polar surface area (TPSA) is 117 Å². The Bertz CT molecular complexity index is 873. The van der Waals surface area contributed by atoms with Gasteiger partial charge < -0.3 is 10.1 Å². The summed E-state index contributed by atoms with van der Waals surface area (Å²) in [6.45, 7) is 10.7. The van der Waals surface area contributed by atoms with Crippen molar-refractivity contribution in [2.75, 3.05) is 5.32 Å². The summed E-state index contributed by atoms with van der Waals surface area (Å²) < 4.78 is 5.25. The van der Waals surface area contributed by atoms with Gasteiger partial charge in [0.25, 0.3) is 0 Å². The normalized spacial score (nSPS) is 19.2. The lowest BCUT2D eigenvalue weighted by Crippen LogP contribution is -2.12. The van der Waals surface area contributed by atoms with E-state index in [1.54, 1.807) is 0 Å². The number of H-pyrrole nitrogens is 1. The number of aromatic nitrogens is 4. The number of nitriles is 1. The second-order valence-electron chi connectivity index (χ2n) is 8.63. The van der Waals surface area contributed by atoms with Crippen molar-refractivity contribution in [3.05, 3.63) is 29.8 Å². The molecule has 0 saturated heterocycles. The number of ether oxygens (including phenoxy) is 1. The molecule has 0 bridgehead atoms. The Morgan fingerprint density at radius 1 is 1.25 bits per heavy atom. The lowest BCUT2D eigenvalue weighted by atomic mass is 9.90. The molecule has 4 unspecified atom stereocenters. The molecule has 2 aromatic rings. The third-order valence-corrected chi connectivity index (χ3v) is 6.14. The van der Waals surface area contributed by atoms with E-state index in [2.05, 4.69) is 53.2 Å². The summed E-state index contributed by atoms with van der Waals surface area (Å²) in [5, 5.41) is 18.9. The number of nitrogens with zero attached hydrogens (tertiary/aromatic N) is 4. The Hall–Kier alpha value is -2.95. The fourth-order valence-electron chi connectivity index (χ4n) is 3.90. The first kappa shape index (κ1) is 25.3. The van der Waals surface area contributed by atoms with Crippen LogP contribution in [0.1, 0.15) is 90.4 Å². The van der Waals surface area contributed by atoms with Crippen molar-refractivity contribution < 1.29 is 9.53 Å². The monoisotopic (exact) mass is 440 g/mol. The molecule has 0 aromatic carbocycles. The molecule has 0 aliphatic heterocycles. The maximum Gasteiger partial charge on any atom is 0.302 e. The van der Waals surface area contributed by atoms with Gasteiger partial charge >= 0.3 is 5.97 Å². The van der Waals surface area contributed by atoms with E-state index in [0.717, 1.165) is 36.8 Å². The summed E-state index contributed by atoms with van der Waals surface area (Å²) >= 11 is 0. The van der Waals surface area contributed by atoms with E-state index < -0.39 is 0 Å². The number of esters is 1. The Kier molecular flexibility index (Phi) is 10.1. The summed E-state index contributed by atoms with van der Waals surface area (Å²) in [6.07, 6.45) is 9.57. The predicted molar refractivity (Wildman–Crippen MR) is 124 cm³/mol. The van der Waals surface area contributed by atoms with Crippen molar-refractivity contribution >= 4 is 17.6 Å². The Morgan fingerprint density at radius 2 is 2.03 bits per heavy atom. The second kappa shape index (κ2) is 12.8. The third kappa shape index (κ3) is 7.95. The number of nitrogens with one attached hydrogen (secondary N) is 2. The lowest BCUT2D eigenvalue weighted by molar-refractivity contribution is -0.145. The van der Waals surface area contributed by atoms with Crippen LogP contribution < -0.4 is 5.32 Å². The third-order valence-electron chi connectivity index (χ3n) is 6.14. The minimum absolute atomic E-state index is 0.0124. The van der Waals surface area contributed by atoms with Crippen LogP contribution in [0.25, 0.3) is 0 Å². The highest BCUT2D eigenvalue weighted by Gasteiger charge is 2.29. The molecule has 2 aromatic heterocycles. The first-order chi connectivity index (χ1) is 15.4. The molecule has 1 aliphatic carbocycles. The number of carbonyl (C=O) groups is 1. The quantitative estimate of drug-likeness (QED) is 0.522. The van der Waals surface area contributed by atoms with Gasteiger partial charge in [-0.25, -0.2) is 9.97 Å². The van der Waals surface area contributed by atoms with Crippen LogP contribution in [0.15, 0.2) is 18.5 Å². The fourth-order valence-corrected chi connectivity index (χ4v) is 3.90. The highest BCUT2D eigenvalue weighted by Crippen LogP contribution is 2.36. The number of hydrogen-bond donors (Lipinski definition) is 2. The molecule has 0 amide bonds. The van der Waals surface area contributed by atoms with Crippen LogP contribution >= 0.6 is 0 Å². The van der Waals surface area contributed by atoms with Gasteiger partial charge in [-0.15, -0.1) is 0 Å². The summed E-state index contributed by atoms with van der Waals surface area (Å²) in [4.78, 5) is 19.0. The Balaban J connectivity index is 0.000000344. The van der Waals surface area contributed by atoms with E-state index in [4.69, 9.17) is 10.00 Å². The zero-order chi connectivity index (χ0) is 23.5. The smallest absolute Gasteiger partial charge is 0.302 e. The molecule has 0 spiro atoms. The fraction of sp³-hybridized carbons (Fsp3) is 0.625. The zero-order valence-corrected chi connectivity index (χ0v) is 19.9. The first-order valence-electron chi connectivity index (χ1n) is 11.6. The van der Waals surface area contributed by atoms with Gasteiger partial charge in [0.1, 0.15) is 18.0 Å². The van der Waals surface area contributed by atoms with Gasteiger partial charge in [0.05, 0.1) is 12.4 Å². The van der Waals surface area contributed by atoms with Gasteiger partial charge in [-0.2, -0.15) is 10.4 Å². The van der Waals surface area contributed by atoms with E-state index in [9.17, 15) is 4.79 Å². The van der Waals surface area contributed by atoms with Crippen LogP contribution in [0.3, 0.4) is 0 Å². The molecule has 1 fully saturated rings. The maximum atomic E-state index is 11.0. The molecule has 1 saturated carbocycles. The molecule has 8 heteroatoms. The molecule has 2 N–H and O–H groups in total. The van der Waals surface area contributed by atoms with Crippen LogP contribution in [-0.4, -0.2) is 32.2 Å². The molecular formula is C24H36N6O2. The number of rotatable bonds is 8. The van der Waals surface area contributed by atoms with Gasteiger partial charge in [0, 0.05) is 24.6 Å². The molecule has 0 radical (unpaired) electrons. The molecule has 3 rings (SSSR count). The summed E-state index contributed by atoms with van der Waals surface area (Å²) in [7, 11) is 0. The predicted octanol–water partition coefficient (Wildman–Crippen LogP) is 5.48. The van der Waals surface area contributed by atoms with Crippen molar-refractivity contribution in [1.29, 1.82) is 5.26 Å². The van der Waals surface area contributed by atoms with Crippen molar-refractivity contribution in [2.24, 2.45) is 11.8 Å². The maximum absolute atomic E-state index is 11.0. The highest BCUT2D eigenvalue weighted by molar-refractivity contribution is 5.66. The van der Waals surface area contributed by atoms with E-state index in [1.165, 1.54) is 38.6 Å². The number of aromatic amines is 1. The molecule has 8 nitrogen and oxygen atoms in total. The van der Waals surface area contributed by atoms with Crippen molar-refractivity contribution in [3.63, 3.8) is 0 Å². The van der Waals surface area contributed by atoms with E-state index in [1.807, 2.05) is 12.1 Å². The Labute approximate surface area is 191 Å². The van der Waals surface area contributed by atoms with Crippen molar-refractivity contribution in [3.8, 4) is 6.07 Å². The number of anilines is 2. The van der Waals surface area contributed by atoms with Crippen LogP contribution in [0.2, 0.25) is 0 Å². The van der Waals surface area contributed by atoms with Gasteiger partial charge in [-0.3, -0.25) is 9.89 Å². The van der Waals surface area contributed by atoms with Crippen molar-refractivity contribution in [1.82, 2.24) is 20.2 Å². The Morgan fingerprint density at radius 3 is 2.62 bits per heavy atom. The van der Waals surface area contributed by atoms with Gasteiger partial charge in [0.15, 0.2) is 11.5 Å². The molecule has 2 heterocycles. The zero-order valence-electron chi connectivity index (χ0n) is 19.9. The first-order valence-corrected chi connectivity index (χ1v) is 11.6. The largest absolute Gasteiger partial charge is 0.463 e. The van der Waals surface area contributed by atoms with E-state index >= 15 is 0 Å². The van der Waals surface area contributed by atoms with Crippen LogP contribution in [0.4, 0.5) is 11.6 Å². The number of carbonyl (C=O) groups excluding carboxylic acids is 1. The van der Waals surface area contributed by atoms with E-state index in [0.29, 0.717) is 17.6 Å². The van der Waals surface area contributed by atoms with Crippen LogP contribution in [-0.2, 0) is 9.53 Å². The SMILES string of the molecule is CC(=O)OC1CCC(c2cc(Nc3cnc(C#N)cn3)n[nH]2)C1.CCCC(C)C(C)CC. The standard InChI is InChI=1S/C15H16N6O2.C9H20/c1-9(22)23-12-3-2-10(4-12)13-5-14(21-20-13)19-15-8-17-11(6-16)7-18-15;1-5-7-9(4)8(3)6-2/h5,7-8,10,12H,2-4H2,1H3,(H2,18,19,20,21);8-9H,5-7H2,1-4H3. The average Bonchev–Trinajstić information content (AvgIpc) is 3.43.